The van der Waals surface area contributed by atoms with Gasteiger partial charge in [0.25, 0.3) is 5.91 Å². The average Bonchev–Trinajstić information content (AvgIpc) is 2.87. The third kappa shape index (κ3) is 3.14. The predicted octanol–water partition coefficient (Wildman–Crippen LogP) is 1.41. The first-order valence-electron chi connectivity index (χ1n) is 6.63. The molecular weight excluding hydrogens is 242 g/mol. The van der Waals surface area contributed by atoms with Crippen molar-refractivity contribution in [1.82, 2.24) is 4.90 Å². The van der Waals surface area contributed by atoms with Crippen LogP contribution in [0.15, 0.2) is 24.3 Å². The number of rotatable bonds is 3. The minimum Gasteiger partial charge on any atom is -0.392 e. The zero-order valence-corrected chi connectivity index (χ0v) is 11.5. The van der Waals surface area contributed by atoms with Crippen LogP contribution in [0.4, 0.5) is 0 Å². The lowest BCUT2D eigenvalue weighted by Gasteiger charge is -2.25. The summed E-state index contributed by atoms with van der Waals surface area (Å²) in [5.41, 5.74) is 0.691. The minimum atomic E-state index is -0.740. The molecule has 2 rings (SSSR count). The predicted molar refractivity (Wildman–Crippen MR) is 72.7 cm³/mol. The molecule has 0 saturated carbocycles. The zero-order valence-electron chi connectivity index (χ0n) is 11.5. The summed E-state index contributed by atoms with van der Waals surface area (Å²) in [4.78, 5) is 14.1. The number of hydrogen-bond donors (Lipinski definition) is 2. The molecule has 0 bridgehead atoms. The van der Waals surface area contributed by atoms with Gasteiger partial charge in [-0.2, -0.15) is 0 Å². The monoisotopic (exact) mass is 263 g/mol. The highest BCUT2D eigenvalue weighted by molar-refractivity contribution is 5.94. The second-order valence-electron chi connectivity index (χ2n) is 5.75. The Morgan fingerprint density at radius 2 is 2.00 bits per heavy atom. The molecule has 0 aliphatic carbocycles. The summed E-state index contributed by atoms with van der Waals surface area (Å²) in [6.07, 6.45) is 0.837. The van der Waals surface area contributed by atoms with E-state index in [1.807, 2.05) is 0 Å². The van der Waals surface area contributed by atoms with Crippen LogP contribution in [0.25, 0.3) is 0 Å². The quantitative estimate of drug-likeness (QED) is 0.867. The standard InChI is InChI=1S/C15H21NO3/c1-15(2,19)13-7-8-16(9-13)14(18)12-5-3-11(10-17)4-6-12/h3-6,13,17,19H,7-10H2,1-2H3/t13-/m0/s1. The summed E-state index contributed by atoms with van der Waals surface area (Å²) in [7, 11) is 0. The number of benzene rings is 1. The van der Waals surface area contributed by atoms with E-state index in [0.717, 1.165) is 12.0 Å². The van der Waals surface area contributed by atoms with Gasteiger partial charge in [0.15, 0.2) is 0 Å². The fraction of sp³-hybridized carbons (Fsp3) is 0.533. The van der Waals surface area contributed by atoms with Gasteiger partial charge in [-0.1, -0.05) is 12.1 Å². The van der Waals surface area contributed by atoms with Crippen molar-refractivity contribution in [2.45, 2.75) is 32.5 Å². The van der Waals surface area contributed by atoms with Crippen molar-refractivity contribution in [3.05, 3.63) is 35.4 Å². The molecule has 19 heavy (non-hydrogen) atoms. The van der Waals surface area contributed by atoms with Crippen molar-refractivity contribution in [3.63, 3.8) is 0 Å². The maximum Gasteiger partial charge on any atom is 0.253 e. The molecule has 0 radical (unpaired) electrons. The second kappa shape index (κ2) is 5.31. The van der Waals surface area contributed by atoms with Crippen LogP contribution >= 0.6 is 0 Å². The van der Waals surface area contributed by atoms with Gasteiger partial charge in [0, 0.05) is 24.6 Å². The topological polar surface area (TPSA) is 60.8 Å². The van der Waals surface area contributed by atoms with E-state index in [2.05, 4.69) is 0 Å². The first kappa shape index (κ1) is 14.0. The summed E-state index contributed by atoms with van der Waals surface area (Å²) in [6, 6.07) is 7.00. The number of carbonyl (C=O) groups is 1. The number of amides is 1. The Morgan fingerprint density at radius 3 is 2.47 bits per heavy atom. The van der Waals surface area contributed by atoms with E-state index >= 15 is 0 Å². The van der Waals surface area contributed by atoms with Gasteiger partial charge in [-0.25, -0.2) is 0 Å². The van der Waals surface area contributed by atoms with E-state index in [1.54, 1.807) is 43.0 Å². The lowest BCUT2D eigenvalue weighted by Crippen LogP contribution is -2.35. The first-order valence-corrected chi connectivity index (χ1v) is 6.63. The Labute approximate surface area is 113 Å². The summed E-state index contributed by atoms with van der Waals surface area (Å²) in [6.45, 7) is 4.86. The van der Waals surface area contributed by atoms with Crippen molar-refractivity contribution in [2.24, 2.45) is 5.92 Å². The van der Waals surface area contributed by atoms with Crippen LogP contribution in [0.5, 0.6) is 0 Å². The number of aliphatic hydroxyl groups excluding tert-OH is 1. The summed E-state index contributed by atoms with van der Waals surface area (Å²) in [5.74, 6) is 0.129. The van der Waals surface area contributed by atoms with Crippen molar-refractivity contribution < 1.29 is 15.0 Å². The van der Waals surface area contributed by atoms with E-state index in [9.17, 15) is 9.90 Å². The SMILES string of the molecule is CC(C)(O)[C@H]1CCN(C(=O)c2ccc(CO)cc2)C1. The maximum atomic E-state index is 12.3. The third-order valence-electron chi connectivity index (χ3n) is 3.86. The molecule has 1 aromatic rings. The van der Waals surface area contributed by atoms with Crippen LogP contribution in [0.1, 0.15) is 36.2 Å². The van der Waals surface area contributed by atoms with Gasteiger partial charge in [-0.15, -0.1) is 0 Å². The van der Waals surface area contributed by atoms with Crippen LogP contribution in [-0.4, -0.2) is 39.7 Å². The number of aliphatic hydroxyl groups is 2. The molecule has 1 atom stereocenters. The molecule has 0 aromatic heterocycles. The molecule has 1 heterocycles. The van der Waals surface area contributed by atoms with Crippen LogP contribution in [0, 0.1) is 5.92 Å². The molecule has 1 aliphatic rings. The molecule has 2 N–H and O–H groups in total. The Balaban J connectivity index is 2.04. The fourth-order valence-corrected chi connectivity index (χ4v) is 2.46. The maximum absolute atomic E-state index is 12.3. The third-order valence-corrected chi connectivity index (χ3v) is 3.86. The Hall–Kier alpha value is -1.39. The normalized spacial score (nSPS) is 19.8. The highest BCUT2D eigenvalue weighted by Crippen LogP contribution is 2.27. The Kier molecular flexibility index (Phi) is 3.92. The molecule has 4 heteroatoms. The van der Waals surface area contributed by atoms with Gasteiger partial charge >= 0.3 is 0 Å². The molecule has 1 aliphatic heterocycles. The number of likely N-dealkylation sites (tertiary alicyclic amines) is 1. The molecule has 0 unspecified atom stereocenters. The highest BCUT2D eigenvalue weighted by atomic mass is 16.3. The number of nitrogens with zero attached hydrogens (tertiary/aromatic N) is 1. The largest absolute Gasteiger partial charge is 0.392 e. The zero-order chi connectivity index (χ0) is 14.0. The highest BCUT2D eigenvalue weighted by Gasteiger charge is 2.35. The molecule has 1 saturated heterocycles. The molecule has 1 aromatic carbocycles. The summed E-state index contributed by atoms with van der Waals surface area (Å²) >= 11 is 0. The van der Waals surface area contributed by atoms with Crippen molar-refractivity contribution >= 4 is 5.91 Å². The van der Waals surface area contributed by atoms with E-state index in [4.69, 9.17) is 5.11 Å². The van der Waals surface area contributed by atoms with E-state index < -0.39 is 5.60 Å². The molecule has 1 fully saturated rings. The van der Waals surface area contributed by atoms with Crippen molar-refractivity contribution in [2.75, 3.05) is 13.1 Å². The van der Waals surface area contributed by atoms with E-state index in [-0.39, 0.29) is 18.4 Å². The lowest BCUT2D eigenvalue weighted by atomic mass is 9.90. The Morgan fingerprint density at radius 1 is 1.37 bits per heavy atom. The number of carbonyl (C=O) groups excluding carboxylic acids is 1. The first-order chi connectivity index (χ1) is 8.91. The molecule has 1 amide bonds. The minimum absolute atomic E-state index is 0.00348. The second-order valence-corrected chi connectivity index (χ2v) is 5.75. The van der Waals surface area contributed by atoms with Crippen LogP contribution in [0.3, 0.4) is 0 Å². The lowest BCUT2D eigenvalue weighted by molar-refractivity contribution is 0.0211. The van der Waals surface area contributed by atoms with E-state index in [0.29, 0.717) is 18.7 Å². The smallest absolute Gasteiger partial charge is 0.253 e. The van der Waals surface area contributed by atoms with Crippen LogP contribution in [-0.2, 0) is 6.61 Å². The molecular formula is C15H21NO3. The van der Waals surface area contributed by atoms with Crippen LogP contribution < -0.4 is 0 Å². The summed E-state index contributed by atoms with van der Waals surface area (Å²) in [5, 5.41) is 19.0. The van der Waals surface area contributed by atoms with Gasteiger partial charge in [0.2, 0.25) is 0 Å². The molecule has 4 nitrogen and oxygen atoms in total. The van der Waals surface area contributed by atoms with Crippen LogP contribution in [0.2, 0.25) is 0 Å². The molecule has 0 spiro atoms. The fourth-order valence-electron chi connectivity index (χ4n) is 2.46. The van der Waals surface area contributed by atoms with E-state index in [1.165, 1.54) is 0 Å². The molecule has 104 valence electrons. The Bertz CT molecular complexity index is 447. The van der Waals surface area contributed by atoms with Crippen molar-refractivity contribution in [1.29, 1.82) is 0 Å². The van der Waals surface area contributed by atoms with Gasteiger partial charge in [0.05, 0.1) is 12.2 Å². The van der Waals surface area contributed by atoms with Gasteiger partial charge in [-0.05, 0) is 38.0 Å². The average molecular weight is 263 g/mol. The number of hydrogen-bond acceptors (Lipinski definition) is 3. The summed E-state index contributed by atoms with van der Waals surface area (Å²) < 4.78 is 0. The van der Waals surface area contributed by atoms with Gasteiger partial charge in [-0.3, -0.25) is 4.79 Å². The van der Waals surface area contributed by atoms with Gasteiger partial charge < -0.3 is 15.1 Å². The van der Waals surface area contributed by atoms with Gasteiger partial charge in [0.1, 0.15) is 0 Å². The van der Waals surface area contributed by atoms with Crippen molar-refractivity contribution in [3.8, 4) is 0 Å².